The van der Waals surface area contributed by atoms with E-state index in [-0.39, 0.29) is 18.0 Å². The van der Waals surface area contributed by atoms with Crippen molar-refractivity contribution in [2.24, 2.45) is 0 Å². The first-order valence-corrected chi connectivity index (χ1v) is 8.76. The molecule has 1 aromatic heterocycles. The lowest BCUT2D eigenvalue weighted by Crippen LogP contribution is -2.34. The van der Waals surface area contributed by atoms with Crippen molar-refractivity contribution in [1.82, 2.24) is 9.88 Å². The van der Waals surface area contributed by atoms with Crippen molar-refractivity contribution in [3.8, 4) is 11.1 Å². The molecule has 5 heteroatoms. The average molecular weight is 345 g/mol. The van der Waals surface area contributed by atoms with Crippen molar-refractivity contribution in [3.05, 3.63) is 57.0 Å². The molecule has 1 N–H and O–H groups in total. The SMILES string of the molecule is CCCNC(=O)Cn1c2c(c(-c3ccccc3Cl)cc1=O)CCC2. The van der Waals surface area contributed by atoms with E-state index in [0.29, 0.717) is 11.6 Å². The smallest absolute Gasteiger partial charge is 0.251 e. The molecule has 1 aliphatic rings. The third-order valence-corrected chi connectivity index (χ3v) is 4.74. The number of nitrogens with one attached hydrogen (secondary N) is 1. The Morgan fingerprint density at radius 2 is 2.04 bits per heavy atom. The van der Waals surface area contributed by atoms with Crippen LogP contribution in [0.4, 0.5) is 0 Å². The molecule has 0 atom stereocenters. The van der Waals surface area contributed by atoms with Gasteiger partial charge in [0.05, 0.1) is 0 Å². The molecule has 0 radical (unpaired) electrons. The highest BCUT2D eigenvalue weighted by Gasteiger charge is 2.22. The molecular formula is C19H21ClN2O2. The fourth-order valence-electron chi connectivity index (χ4n) is 3.29. The summed E-state index contributed by atoms with van der Waals surface area (Å²) in [5.41, 5.74) is 3.77. The molecule has 0 saturated carbocycles. The zero-order valence-electron chi connectivity index (χ0n) is 13.8. The van der Waals surface area contributed by atoms with Crippen molar-refractivity contribution >= 4 is 17.5 Å². The topological polar surface area (TPSA) is 51.1 Å². The summed E-state index contributed by atoms with van der Waals surface area (Å²) >= 11 is 6.32. The molecule has 0 aliphatic heterocycles. The molecule has 4 nitrogen and oxygen atoms in total. The molecule has 3 rings (SSSR count). The van der Waals surface area contributed by atoms with Crippen LogP contribution in [-0.2, 0) is 24.2 Å². The summed E-state index contributed by atoms with van der Waals surface area (Å²) in [5.74, 6) is -0.112. The van der Waals surface area contributed by atoms with E-state index < -0.39 is 0 Å². The van der Waals surface area contributed by atoms with E-state index in [9.17, 15) is 9.59 Å². The monoisotopic (exact) mass is 344 g/mol. The quantitative estimate of drug-likeness (QED) is 0.905. The predicted octanol–water partition coefficient (Wildman–Crippen LogP) is 3.18. The van der Waals surface area contributed by atoms with Crippen molar-refractivity contribution in [2.75, 3.05) is 6.54 Å². The van der Waals surface area contributed by atoms with Crippen LogP contribution in [0.25, 0.3) is 11.1 Å². The molecule has 1 amide bonds. The van der Waals surface area contributed by atoms with Crippen molar-refractivity contribution in [3.63, 3.8) is 0 Å². The van der Waals surface area contributed by atoms with Gasteiger partial charge in [-0.1, -0.05) is 36.7 Å². The number of halogens is 1. The Labute approximate surface area is 146 Å². The molecule has 24 heavy (non-hydrogen) atoms. The Balaban J connectivity index is 2.03. The zero-order chi connectivity index (χ0) is 17.1. The number of amides is 1. The molecule has 2 aromatic rings. The molecule has 0 spiro atoms. The number of benzene rings is 1. The minimum atomic E-state index is -0.141. The van der Waals surface area contributed by atoms with Gasteiger partial charge in [0.2, 0.25) is 5.91 Å². The van der Waals surface area contributed by atoms with Gasteiger partial charge in [0.1, 0.15) is 6.54 Å². The van der Waals surface area contributed by atoms with E-state index in [1.165, 1.54) is 0 Å². The van der Waals surface area contributed by atoms with Gasteiger partial charge in [-0.3, -0.25) is 9.59 Å². The molecule has 0 saturated heterocycles. The highest BCUT2D eigenvalue weighted by molar-refractivity contribution is 6.33. The molecule has 1 heterocycles. The fourth-order valence-corrected chi connectivity index (χ4v) is 3.53. The number of hydrogen-bond donors (Lipinski definition) is 1. The second kappa shape index (κ2) is 7.22. The molecule has 0 bridgehead atoms. The highest BCUT2D eigenvalue weighted by Crippen LogP contribution is 2.34. The number of rotatable bonds is 5. The lowest BCUT2D eigenvalue weighted by Gasteiger charge is -2.16. The van der Waals surface area contributed by atoms with Gasteiger partial charge in [0.25, 0.3) is 5.56 Å². The van der Waals surface area contributed by atoms with Crippen LogP contribution in [0.5, 0.6) is 0 Å². The number of carbonyl (C=O) groups is 1. The maximum absolute atomic E-state index is 12.6. The van der Waals surface area contributed by atoms with Crippen LogP contribution in [0.1, 0.15) is 31.0 Å². The van der Waals surface area contributed by atoms with E-state index in [0.717, 1.165) is 48.1 Å². The third-order valence-electron chi connectivity index (χ3n) is 4.41. The zero-order valence-corrected chi connectivity index (χ0v) is 14.5. The van der Waals surface area contributed by atoms with Crippen molar-refractivity contribution in [1.29, 1.82) is 0 Å². The number of aromatic nitrogens is 1. The standard InChI is InChI=1S/C19H21ClN2O2/c1-2-10-21-18(23)12-22-17-9-5-7-14(17)15(11-19(22)24)13-6-3-4-8-16(13)20/h3-4,6,8,11H,2,5,7,9-10,12H2,1H3,(H,21,23). The third kappa shape index (κ3) is 3.24. The van der Waals surface area contributed by atoms with Gasteiger partial charge in [-0.25, -0.2) is 0 Å². The summed E-state index contributed by atoms with van der Waals surface area (Å²) in [6.45, 7) is 2.72. The Hall–Kier alpha value is -2.07. The van der Waals surface area contributed by atoms with Gasteiger partial charge in [-0.05, 0) is 42.9 Å². The first-order chi connectivity index (χ1) is 11.6. The summed E-state index contributed by atoms with van der Waals surface area (Å²) in [5, 5.41) is 3.48. The van der Waals surface area contributed by atoms with E-state index in [4.69, 9.17) is 11.6 Å². The second-order valence-electron chi connectivity index (χ2n) is 6.09. The average Bonchev–Trinajstić information content (AvgIpc) is 3.05. The summed E-state index contributed by atoms with van der Waals surface area (Å²) in [6.07, 6.45) is 3.60. The van der Waals surface area contributed by atoms with Gasteiger partial charge in [0.15, 0.2) is 0 Å². The van der Waals surface area contributed by atoms with Gasteiger partial charge >= 0.3 is 0 Å². The second-order valence-corrected chi connectivity index (χ2v) is 6.50. The van der Waals surface area contributed by atoms with E-state index in [2.05, 4.69) is 5.32 Å². The van der Waals surface area contributed by atoms with Crippen LogP contribution in [0.3, 0.4) is 0 Å². The molecule has 0 fully saturated rings. The van der Waals surface area contributed by atoms with Crippen LogP contribution in [0.15, 0.2) is 35.1 Å². The molecule has 1 aliphatic carbocycles. The van der Waals surface area contributed by atoms with Crippen molar-refractivity contribution < 1.29 is 4.79 Å². The summed E-state index contributed by atoms with van der Waals surface area (Å²) in [6, 6.07) is 9.20. The maximum atomic E-state index is 12.6. The number of nitrogens with zero attached hydrogens (tertiary/aromatic N) is 1. The molecule has 126 valence electrons. The minimum absolute atomic E-state index is 0.0873. The van der Waals surface area contributed by atoms with Crippen LogP contribution >= 0.6 is 11.6 Å². The number of carbonyl (C=O) groups excluding carboxylic acids is 1. The van der Waals surface area contributed by atoms with Crippen LogP contribution in [0.2, 0.25) is 5.02 Å². The fraction of sp³-hybridized carbons (Fsp3) is 0.368. The highest BCUT2D eigenvalue weighted by atomic mass is 35.5. The minimum Gasteiger partial charge on any atom is -0.355 e. The van der Waals surface area contributed by atoms with E-state index in [1.807, 2.05) is 31.2 Å². The Morgan fingerprint density at radius 3 is 2.79 bits per heavy atom. The number of pyridine rings is 1. The van der Waals surface area contributed by atoms with Crippen molar-refractivity contribution in [2.45, 2.75) is 39.2 Å². The van der Waals surface area contributed by atoms with Gasteiger partial charge in [0, 0.05) is 28.9 Å². The molecule has 1 aromatic carbocycles. The van der Waals surface area contributed by atoms with Crippen LogP contribution < -0.4 is 10.9 Å². The Bertz CT molecular complexity index is 827. The van der Waals surface area contributed by atoms with Gasteiger partial charge in [-0.15, -0.1) is 0 Å². The summed E-state index contributed by atoms with van der Waals surface area (Å²) in [7, 11) is 0. The van der Waals surface area contributed by atoms with E-state index in [1.54, 1.807) is 10.6 Å². The lowest BCUT2D eigenvalue weighted by atomic mass is 9.99. The van der Waals surface area contributed by atoms with Gasteiger partial charge < -0.3 is 9.88 Å². The van der Waals surface area contributed by atoms with Crippen LogP contribution in [-0.4, -0.2) is 17.0 Å². The van der Waals surface area contributed by atoms with Gasteiger partial charge in [-0.2, -0.15) is 0 Å². The lowest BCUT2D eigenvalue weighted by molar-refractivity contribution is -0.121. The first-order valence-electron chi connectivity index (χ1n) is 8.39. The molecular weight excluding hydrogens is 324 g/mol. The Morgan fingerprint density at radius 1 is 1.25 bits per heavy atom. The Kier molecular flexibility index (Phi) is 5.05. The largest absolute Gasteiger partial charge is 0.355 e. The predicted molar refractivity (Wildman–Crippen MR) is 96.5 cm³/mol. The summed E-state index contributed by atoms with van der Waals surface area (Å²) in [4.78, 5) is 24.7. The van der Waals surface area contributed by atoms with E-state index >= 15 is 0 Å². The first kappa shape index (κ1) is 16.8. The summed E-state index contributed by atoms with van der Waals surface area (Å²) < 4.78 is 1.62. The van der Waals surface area contributed by atoms with Crippen LogP contribution in [0, 0.1) is 0 Å². The maximum Gasteiger partial charge on any atom is 0.251 e. The number of hydrogen-bond acceptors (Lipinski definition) is 2. The normalized spacial score (nSPS) is 12.9. The molecule has 0 unspecified atom stereocenters. The number of fused-ring (bicyclic) bond motifs is 1.